The van der Waals surface area contributed by atoms with Crippen molar-refractivity contribution in [2.24, 2.45) is 5.92 Å². The van der Waals surface area contributed by atoms with Crippen molar-refractivity contribution < 1.29 is 0 Å². The zero-order chi connectivity index (χ0) is 9.26. The Morgan fingerprint density at radius 2 is 2.23 bits per heavy atom. The zero-order valence-corrected chi connectivity index (χ0v) is 8.44. The lowest BCUT2D eigenvalue weighted by Crippen LogP contribution is -2.05. The van der Waals surface area contributed by atoms with Gasteiger partial charge < -0.3 is 5.32 Å². The van der Waals surface area contributed by atoms with E-state index in [1.54, 1.807) is 0 Å². The second-order valence-electron chi connectivity index (χ2n) is 3.18. The van der Waals surface area contributed by atoms with Gasteiger partial charge in [-0.3, -0.25) is 0 Å². The lowest BCUT2D eigenvalue weighted by Gasteiger charge is -2.07. The van der Waals surface area contributed by atoms with E-state index in [2.05, 4.69) is 15.5 Å². The van der Waals surface area contributed by atoms with E-state index in [-0.39, 0.29) is 0 Å². The van der Waals surface area contributed by atoms with Crippen LogP contribution in [0.4, 0.5) is 5.69 Å². The van der Waals surface area contributed by atoms with Gasteiger partial charge in [0, 0.05) is 6.54 Å². The molecule has 1 aromatic heterocycles. The first-order valence-corrected chi connectivity index (χ1v) is 4.93. The van der Waals surface area contributed by atoms with Gasteiger partial charge in [-0.15, -0.1) is 5.10 Å². The van der Waals surface area contributed by atoms with Crippen molar-refractivity contribution in [3.63, 3.8) is 0 Å². The summed E-state index contributed by atoms with van der Waals surface area (Å²) in [7, 11) is 0. The van der Waals surface area contributed by atoms with Crippen LogP contribution in [0.1, 0.15) is 12.8 Å². The molecule has 1 aromatic rings. The molecule has 1 N–H and O–H groups in total. The van der Waals surface area contributed by atoms with Crippen molar-refractivity contribution in [3.8, 4) is 0 Å². The molecule has 70 valence electrons. The molecule has 0 spiro atoms. The number of nitrogens with zero attached hydrogens (tertiary/aromatic N) is 2. The monoisotopic (exact) mass is 217 g/mol. The second-order valence-corrected chi connectivity index (χ2v) is 3.95. The summed E-state index contributed by atoms with van der Waals surface area (Å²) >= 11 is 11.7. The highest BCUT2D eigenvalue weighted by Gasteiger charge is 2.21. The van der Waals surface area contributed by atoms with E-state index in [1.165, 1.54) is 19.0 Å². The van der Waals surface area contributed by atoms with Crippen LogP contribution in [0.2, 0.25) is 10.2 Å². The number of rotatable bonds is 3. The molecule has 13 heavy (non-hydrogen) atoms. The quantitative estimate of drug-likeness (QED) is 0.847. The van der Waals surface area contributed by atoms with Crippen LogP contribution in [-0.2, 0) is 0 Å². The van der Waals surface area contributed by atoms with Crippen molar-refractivity contribution in [2.75, 3.05) is 11.9 Å². The second kappa shape index (κ2) is 3.68. The molecular weight excluding hydrogens is 209 g/mol. The van der Waals surface area contributed by atoms with Crippen LogP contribution < -0.4 is 5.32 Å². The molecular formula is C8H9Cl2N3. The third-order valence-electron chi connectivity index (χ3n) is 2.03. The van der Waals surface area contributed by atoms with Gasteiger partial charge in [-0.05, 0) is 18.8 Å². The Bertz CT molecular complexity index is 292. The molecule has 1 heterocycles. The highest BCUT2D eigenvalue weighted by molar-refractivity contribution is 6.38. The average Bonchev–Trinajstić information content (AvgIpc) is 2.87. The molecule has 0 amide bonds. The van der Waals surface area contributed by atoms with Gasteiger partial charge in [0.25, 0.3) is 0 Å². The number of anilines is 1. The summed E-state index contributed by atoms with van der Waals surface area (Å²) < 4.78 is 0. The molecule has 2 rings (SSSR count). The number of aromatic nitrogens is 2. The van der Waals surface area contributed by atoms with E-state index in [9.17, 15) is 0 Å². The molecule has 3 nitrogen and oxygen atoms in total. The molecule has 1 saturated carbocycles. The van der Waals surface area contributed by atoms with Gasteiger partial charge in [-0.25, -0.2) is 0 Å². The Hall–Kier alpha value is -0.540. The van der Waals surface area contributed by atoms with Crippen LogP contribution in [0, 0.1) is 5.92 Å². The summed E-state index contributed by atoms with van der Waals surface area (Å²) in [6, 6.07) is 0. The van der Waals surface area contributed by atoms with E-state index < -0.39 is 0 Å². The van der Waals surface area contributed by atoms with Crippen LogP contribution in [0.25, 0.3) is 0 Å². The van der Waals surface area contributed by atoms with Gasteiger partial charge in [0.2, 0.25) is 0 Å². The van der Waals surface area contributed by atoms with Gasteiger partial charge in [-0.2, -0.15) is 5.10 Å². The maximum Gasteiger partial charge on any atom is 0.176 e. The van der Waals surface area contributed by atoms with Crippen LogP contribution in [0.5, 0.6) is 0 Å². The third kappa shape index (κ3) is 2.23. The summed E-state index contributed by atoms with van der Waals surface area (Å²) in [6.07, 6.45) is 4.07. The number of halogens is 2. The lowest BCUT2D eigenvalue weighted by atomic mass is 10.4. The van der Waals surface area contributed by atoms with Crippen LogP contribution in [0.15, 0.2) is 6.20 Å². The van der Waals surface area contributed by atoms with E-state index in [0.717, 1.165) is 12.5 Å². The van der Waals surface area contributed by atoms with Gasteiger partial charge in [-0.1, -0.05) is 23.2 Å². The van der Waals surface area contributed by atoms with E-state index in [4.69, 9.17) is 23.2 Å². The Morgan fingerprint density at radius 1 is 1.46 bits per heavy atom. The molecule has 0 saturated heterocycles. The highest BCUT2D eigenvalue weighted by atomic mass is 35.5. The summed E-state index contributed by atoms with van der Waals surface area (Å²) in [4.78, 5) is 0. The summed E-state index contributed by atoms with van der Waals surface area (Å²) in [5.41, 5.74) is 0.699. The van der Waals surface area contributed by atoms with Gasteiger partial charge >= 0.3 is 0 Å². The van der Waals surface area contributed by atoms with Crippen molar-refractivity contribution in [3.05, 3.63) is 16.4 Å². The predicted octanol–water partition coefficient (Wildman–Crippen LogP) is 2.61. The van der Waals surface area contributed by atoms with E-state index >= 15 is 0 Å². The molecule has 1 fully saturated rings. The SMILES string of the molecule is Clc1cnnc(Cl)c1NCC1CC1. The van der Waals surface area contributed by atoms with Gasteiger partial charge in [0.15, 0.2) is 5.15 Å². The first kappa shape index (κ1) is 9.03. The minimum atomic E-state index is 0.341. The third-order valence-corrected chi connectivity index (χ3v) is 2.58. The van der Waals surface area contributed by atoms with Crippen molar-refractivity contribution in [1.82, 2.24) is 10.2 Å². The average molecular weight is 218 g/mol. The minimum absolute atomic E-state index is 0.341. The fraction of sp³-hybridized carbons (Fsp3) is 0.500. The highest BCUT2D eigenvalue weighted by Crippen LogP contribution is 2.32. The van der Waals surface area contributed by atoms with Crippen molar-refractivity contribution in [1.29, 1.82) is 0 Å². The van der Waals surface area contributed by atoms with Gasteiger partial charge in [0.1, 0.15) is 0 Å². The standard InChI is InChI=1S/C8H9Cl2N3/c9-6-4-12-13-8(10)7(6)11-3-5-1-2-5/h4-5H,1-3H2,(H,11,12). The van der Waals surface area contributed by atoms with Crippen molar-refractivity contribution >= 4 is 28.9 Å². The Balaban J connectivity index is 2.07. The number of hydrogen-bond acceptors (Lipinski definition) is 3. The molecule has 0 radical (unpaired) electrons. The summed E-state index contributed by atoms with van der Waals surface area (Å²) in [5.74, 6) is 0.778. The maximum atomic E-state index is 5.88. The molecule has 1 aliphatic rings. The zero-order valence-electron chi connectivity index (χ0n) is 6.93. The van der Waals surface area contributed by atoms with Gasteiger partial charge in [0.05, 0.1) is 16.9 Å². The smallest absolute Gasteiger partial charge is 0.176 e. The summed E-state index contributed by atoms with van der Waals surface area (Å²) in [6.45, 7) is 0.922. The molecule has 0 aromatic carbocycles. The molecule has 0 unspecified atom stereocenters. The fourth-order valence-electron chi connectivity index (χ4n) is 1.07. The van der Waals surface area contributed by atoms with E-state index in [1.807, 2.05) is 0 Å². The Morgan fingerprint density at radius 3 is 2.85 bits per heavy atom. The molecule has 0 aliphatic heterocycles. The maximum absolute atomic E-state index is 5.88. The Labute approximate surface area is 86.4 Å². The number of hydrogen-bond donors (Lipinski definition) is 1. The fourth-order valence-corrected chi connectivity index (χ4v) is 1.53. The largest absolute Gasteiger partial charge is 0.381 e. The van der Waals surface area contributed by atoms with E-state index in [0.29, 0.717) is 15.9 Å². The summed E-state index contributed by atoms with van der Waals surface area (Å²) in [5, 5.41) is 11.4. The first-order valence-electron chi connectivity index (χ1n) is 4.18. The normalized spacial score (nSPS) is 15.8. The van der Waals surface area contributed by atoms with Crippen molar-refractivity contribution in [2.45, 2.75) is 12.8 Å². The van der Waals surface area contributed by atoms with Crippen LogP contribution in [0.3, 0.4) is 0 Å². The van der Waals surface area contributed by atoms with Crippen LogP contribution in [-0.4, -0.2) is 16.7 Å². The lowest BCUT2D eigenvalue weighted by molar-refractivity contribution is 0.885. The van der Waals surface area contributed by atoms with Crippen LogP contribution >= 0.6 is 23.2 Å². The minimum Gasteiger partial charge on any atom is -0.381 e. The molecule has 5 heteroatoms. The molecule has 0 atom stereocenters. The predicted molar refractivity (Wildman–Crippen MR) is 53.3 cm³/mol. The Kier molecular flexibility index (Phi) is 2.56. The number of nitrogens with one attached hydrogen (secondary N) is 1. The molecule has 1 aliphatic carbocycles. The molecule has 0 bridgehead atoms. The first-order chi connectivity index (χ1) is 6.27. The topological polar surface area (TPSA) is 37.8 Å².